The Morgan fingerprint density at radius 2 is 1.77 bits per heavy atom. The molecule has 1 saturated carbocycles. The number of benzene rings is 1. The normalized spacial score (nSPS) is 18.1. The molecule has 0 saturated heterocycles. The molecule has 9 heteroatoms. The minimum atomic E-state index is -0.490. The highest BCUT2D eigenvalue weighted by atomic mass is 35.5. The van der Waals surface area contributed by atoms with Crippen molar-refractivity contribution in [1.29, 1.82) is 0 Å². The van der Waals surface area contributed by atoms with E-state index < -0.39 is 23.7 Å². The van der Waals surface area contributed by atoms with Crippen LogP contribution in [0.4, 0.5) is 11.5 Å². The highest BCUT2D eigenvalue weighted by Crippen LogP contribution is 2.38. The number of pyridine rings is 1. The number of nitrogens with two attached hydrogens (primary N) is 1. The van der Waals surface area contributed by atoms with E-state index in [1.807, 2.05) is 0 Å². The summed E-state index contributed by atoms with van der Waals surface area (Å²) in [5.41, 5.74) is 5.73. The molecule has 7 nitrogen and oxygen atoms in total. The smallest absolute Gasteiger partial charge is 0.258 e. The van der Waals surface area contributed by atoms with Crippen molar-refractivity contribution in [2.75, 3.05) is 10.6 Å². The van der Waals surface area contributed by atoms with Crippen LogP contribution >= 0.6 is 23.2 Å². The van der Waals surface area contributed by atoms with Crippen molar-refractivity contribution in [1.82, 2.24) is 4.98 Å². The Labute approximate surface area is 158 Å². The summed E-state index contributed by atoms with van der Waals surface area (Å²) in [5.74, 6) is -1.93. The molecule has 134 valence electrons. The Bertz CT molecular complexity index is 883. The Hall–Kier alpha value is -2.64. The lowest BCUT2D eigenvalue weighted by Gasteiger charge is -2.10. The molecule has 0 bridgehead atoms. The van der Waals surface area contributed by atoms with E-state index in [-0.39, 0.29) is 27.3 Å². The molecule has 1 heterocycles. The van der Waals surface area contributed by atoms with E-state index in [0.717, 1.165) is 0 Å². The van der Waals surface area contributed by atoms with E-state index in [9.17, 15) is 14.4 Å². The molecule has 1 aromatic heterocycles. The first kappa shape index (κ1) is 18.2. The van der Waals surface area contributed by atoms with Crippen molar-refractivity contribution >= 4 is 52.4 Å². The van der Waals surface area contributed by atoms with E-state index in [2.05, 4.69) is 15.6 Å². The maximum absolute atomic E-state index is 12.4. The third kappa shape index (κ3) is 3.95. The van der Waals surface area contributed by atoms with Crippen molar-refractivity contribution in [3.8, 4) is 0 Å². The van der Waals surface area contributed by atoms with Crippen LogP contribution in [-0.4, -0.2) is 22.7 Å². The molecule has 26 heavy (non-hydrogen) atoms. The second-order valence-electron chi connectivity index (χ2n) is 5.82. The SMILES string of the molecule is NC(=O)[C@H]1C[C@H]1C(=O)Nc1cc(NC(=O)c2c(Cl)cccc2Cl)ccn1. The topological polar surface area (TPSA) is 114 Å². The van der Waals surface area contributed by atoms with Crippen LogP contribution in [0.25, 0.3) is 0 Å². The highest BCUT2D eigenvalue weighted by Gasteiger charge is 2.47. The van der Waals surface area contributed by atoms with Gasteiger partial charge >= 0.3 is 0 Å². The second-order valence-corrected chi connectivity index (χ2v) is 6.64. The summed E-state index contributed by atoms with van der Waals surface area (Å²) in [6.07, 6.45) is 1.86. The van der Waals surface area contributed by atoms with E-state index in [1.54, 1.807) is 24.3 Å². The number of nitrogens with one attached hydrogen (secondary N) is 2. The fraction of sp³-hybridized carbons (Fsp3) is 0.176. The molecule has 0 radical (unpaired) electrons. The van der Waals surface area contributed by atoms with Gasteiger partial charge in [0, 0.05) is 18.0 Å². The maximum atomic E-state index is 12.4. The number of amides is 3. The molecule has 0 spiro atoms. The molecule has 0 unspecified atom stereocenters. The lowest BCUT2D eigenvalue weighted by molar-refractivity contribution is -0.123. The molecule has 3 rings (SSSR count). The van der Waals surface area contributed by atoms with Crippen LogP contribution < -0.4 is 16.4 Å². The number of carbonyl (C=O) groups is 3. The number of rotatable bonds is 5. The number of hydrogen-bond acceptors (Lipinski definition) is 4. The Morgan fingerprint density at radius 1 is 1.08 bits per heavy atom. The minimum Gasteiger partial charge on any atom is -0.369 e. The molecule has 3 amide bonds. The molecule has 1 aliphatic rings. The van der Waals surface area contributed by atoms with E-state index in [4.69, 9.17) is 28.9 Å². The third-order valence-corrected chi connectivity index (χ3v) is 4.58. The molecule has 1 aliphatic carbocycles. The highest BCUT2D eigenvalue weighted by molar-refractivity contribution is 6.40. The zero-order valence-electron chi connectivity index (χ0n) is 13.3. The van der Waals surface area contributed by atoms with Crippen LogP contribution in [0.2, 0.25) is 10.0 Å². The Balaban J connectivity index is 1.69. The largest absolute Gasteiger partial charge is 0.369 e. The average Bonchev–Trinajstić information content (AvgIpc) is 3.36. The number of halogens is 2. The van der Waals surface area contributed by atoms with Crippen molar-refractivity contribution in [3.05, 3.63) is 52.1 Å². The van der Waals surface area contributed by atoms with Crippen molar-refractivity contribution in [2.45, 2.75) is 6.42 Å². The summed E-state index contributed by atoms with van der Waals surface area (Å²) in [4.78, 5) is 39.5. The molecule has 1 aromatic carbocycles. The van der Waals surface area contributed by atoms with Gasteiger partial charge in [0.1, 0.15) is 5.82 Å². The molecular weight excluding hydrogens is 379 g/mol. The number of primary amides is 1. The van der Waals surface area contributed by atoms with Crippen LogP contribution in [0.5, 0.6) is 0 Å². The summed E-state index contributed by atoms with van der Waals surface area (Å²) in [6.45, 7) is 0. The van der Waals surface area contributed by atoms with Crippen LogP contribution in [0.1, 0.15) is 16.8 Å². The Kier molecular flexibility index (Phi) is 5.11. The van der Waals surface area contributed by atoms with Gasteiger partial charge in [-0.2, -0.15) is 0 Å². The minimum absolute atomic E-state index is 0.153. The van der Waals surface area contributed by atoms with Crippen LogP contribution in [0, 0.1) is 11.8 Å². The van der Waals surface area contributed by atoms with Crippen LogP contribution in [0.3, 0.4) is 0 Å². The first-order valence-corrected chi connectivity index (χ1v) is 8.44. The van der Waals surface area contributed by atoms with Gasteiger partial charge in [-0.25, -0.2) is 4.98 Å². The molecule has 4 N–H and O–H groups in total. The van der Waals surface area contributed by atoms with Gasteiger partial charge in [-0.3, -0.25) is 14.4 Å². The fourth-order valence-corrected chi connectivity index (χ4v) is 3.07. The standard InChI is InChI=1S/C17H14Cl2N4O3/c18-11-2-1-3-12(19)14(11)17(26)22-8-4-5-21-13(6-8)23-16(25)10-7-9(10)15(20)24/h1-6,9-10H,7H2,(H2,20,24)(H2,21,22,23,25,26)/t9-,10+/m0/s1. The first-order valence-electron chi connectivity index (χ1n) is 7.68. The number of carbonyl (C=O) groups excluding carboxylic acids is 3. The zero-order valence-corrected chi connectivity index (χ0v) is 14.8. The van der Waals surface area contributed by atoms with Crippen LogP contribution in [-0.2, 0) is 9.59 Å². The van der Waals surface area contributed by atoms with Gasteiger partial charge in [-0.15, -0.1) is 0 Å². The number of nitrogens with zero attached hydrogens (tertiary/aromatic N) is 1. The van der Waals surface area contributed by atoms with Crippen LogP contribution in [0.15, 0.2) is 36.5 Å². The number of hydrogen-bond donors (Lipinski definition) is 3. The van der Waals surface area contributed by atoms with Crippen molar-refractivity contribution in [3.63, 3.8) is 0 Å². The summed E-state index contributed by atoms with van der Waals surface area (Å²) in [5, 5.41) is 5.71. The third-order valence-electron chi connectivity index (χ3n) is 3.95. The summed E-state index contributed by atoms with van der Waals surface area (Å²) in [6, 6.07) is 7.80. The lowest BCUT2D eigenvalue weighted by atomic mass is 10.2. The van der Waals surface area contributed by atoms with E-state index >= 15 is 0 Å². The first-order chi connectivity index (χ1) is 12.4. The van der Waals surface area contributed by atoms with Gasteiger partial charge in [0.05, 0.1) is 27.4 Å². The summed E-state index contributed by atoms with van der Waals surface area (Å²) < 4.78 is 0. The number of anilines is 2. The molecule has 2 aromatic rings. The predicted octanol–water partition coefficient (Wildman–Crippen LogP) is 2.70. The molecule has 2 atom stereocenters. The quantitative estimate of drug-likeness (QED) is 0.725. The van der Waals surface area contributed by atoms with Gasteiger partial charge in [0.15, 0.2) is 0 Å². The summed E-state index contributed by atoms with van der Waals surface area (Å²) in [7, 11) is 0. The van der Waals surface area contributed by atoms with Gasteiger partial charge in [-0.05, 0) is 24.6 Å². The van der Waals surface area contributed by atoms with E-state index in [0.29, 0.717) is 12.1 Å². The van der Waals surface area contributed by atoms with Gasteiger partial charge in [0.2, 0.25) is 11.8 Å². The summed E-state index contributed by atoms with van der Waals surface area (Å²) >= 11 is 12.0. The predicted molar refractivity (Wildman–Crippen MR) is 98.1 cm³/mol. The van der Waals surface area contributed by atoms with Gasteiger partial charge in [-0.1, -0.05) is 29.3 Å². The van der Waals surface area contributed by atoms with E-state index in [1.165, 1.54) is 12.3 Å². The van der Waals surface area contributed by atoms with Gasteiger partial charge < -0.3 is 16.4 Å². The van der Waals surface area contributed by atoms with Gasteiger partial charge in [0.25, 0.3) is 5.91 Å². The Morgan fingerprint density at radius 3 is 2.38 bits per heavy atom. The number of aromatic nitrogens is 1. The molecular formula is C17H14Cl2N4O3. The zero-order chi connectivity index (χ0) is 18.8. The lowest BCUT2D eigenvalue weighted by Crippen LogP contribution is -2.21. The monoisotopic (exact) mass is 392 g/mol. The fourth-order valence-electron chi connectivity index (χ4n) is 2.50. The van der Waals surface area contributed by atoms with Crippen molar-refractivity contribution in [2.24, 2.45) is 17.6 Å². The van der Waals surface area contributed by atoms with Crippen molar-refractivity contribution < 1.29 is 14.4 Å². The molecule has 0 aliphatic heterocycles. The molecule has 1 fully saturated rings. The maximum Gasteiger partial charge on any atom is 0.258 e. The second kappa shape index (κ2) is 7.31. The average molecular weight is 393 g/mol.